The van der Waals surface area contributed by atoms with Gasteiger partial charge in [-0.05, 0) is 25.0 Å². The summed E-state index contributed by atoms with van der Waals surface area (Å²) in [6.45, 7) is 0. The second kappa shape index (κ2) is 5.63. The van der Waals surface area contributed by atoms with Crippen molar-refractivity contribution in [2.75, 3.05) is 0 Å². The number of aromatic amines is 1. The van der Waals surface area contributed by atoms with Crippen molar-refractivity contribution in [2.45, 2.75) is 31.7 Å². The van der Waals surface area contributed by atoms with Gasteiger partial charge in [-0.25, -0.2) is 0 Å². The number of halogens is 1. The molecule has 0 bridgehead atoms. The third-order valence-corrected chi connectivity index (χ3v) is 3.79. The van der Waals surface area contributed by atoms with E-state index < -0.39 is 0 Å². The predicted octanol–water partition coefficient (Wildman–Crippen LogP) is 2.80. The standard InChI is InChI=1S/C14H15ClN4O/c15-10-5-3-4-9(8-10)12-13(18-19-17-12)14(20)16-11-6-1-2-7-11/h3-5,8,11H,1-2,6-7H2,(H,16,20)(H,17,18,19). The molecule has 6 heteroatoms. The molecule has 20 heavy (non-hydrogen) atoms. The van der Waals surface area contributed by atoms with Gasteiger partial charge in [-0.15, -0.1) is 0 Å². The van der Waals surface area contributed by atoms with E-state index in [2.05, 4.69) is 20.7 Å². The molecule has 1 aliphatic rings. The summed E-state index contributed by atoms with van der Waals surface area (Å²) in [6.07, 6.45) is 4.42. The Kier molecular flexibility index (Phi) is 3.69. The largest absolute Gasteiger partial charge is 0.348 e. The molecular weight excluding hydrogens is 276 g/mol. The van der Waals surface area contributed by atoms with Gasteiger partial charge in [0.2, 0.25) is 0 Å². The summed E-state index contributed by atoms with van der Waals surface area (Å²) < 4.78 is 0. The third kappa shape index (κ3) is 2.67. The highest BCUT2D eigenvalue weighted by Gasteiger charge is 2.22. The Morgan fingerprint density at radius 2 is 2.10 bits per heavy atom. The monoisotopic (exact) mass is 290 g/mol. The van der Waals surface area contributed by atoms with Crippen LogP contribution >= 0.6 is 11.6 Å². The molecule has 1 aromatic heterocycles. The van der Waals surface area contributed by atoms with E-state index in [0.717, 1.165) is 18.4 Å². The molecule has 0 aliphatic heterocycles. The Morgan fingerprint density at radius 1 is 1.30 bits per heavy atom. The van der Waals surface area contributed by atoms with Gasteiger partial charge >= 0.3 is 0 Å². The van der Waals surface area contributed by atoms with Crippen LogP contribution in [0.25, 0.3) is 11.3 Å². The first-order chi connectivity index (χ1) is 9.74. The van der Waals surface area contributed by atoms with E-state index in [1.54, 1.807) is 12.1 Å². The van der Waals surface area contributed by atoms with Gasteiger partial charge in [0, 0.05) is 16.6 Å². The Morgan fingerprint density at radius 3 is 2.85 bits per heavy atom. The van der Waals surface area contributed by atoms with E-state index in [1.165, 1.54) is 12.8 Å². The maximum atomic E-state index is 12.3. The van der Waals surface area contributed by atoms with E-state index in [0.29, 0.717) is 16.4 Å². The van der Waals surface area contributed by atoms with Gasteiger partial charge in [-0.1, -0.05) is 36.6 Å². The van der Waals surface area contributed by atoms with Crippen LogP contribution in [0, 0.1) is 0 Å². The van der Waals surface area contributed by atoms with E-state index >= 15 is 0 Å². The first kappa shape index (κ1) is 13.1. The van der Waals surface area contributed by atoms with Gasteiger partial charge < -0.3 is 5.32 Å². The first-order valence-electron chi connectivity index (χ1n) is 6.71. The maximum absolute atomic E-state index is 12.3. The predicted molar refractivity (Wildman–Crippen MR) is 76.6 cm³/mol. The Hall–Kier alpha value is -1.88. The van der Waals surface area contributed by atoms with E-state index in [9.17, 15) is 4.79 Å². The number of nitrogens with one attached hydrogen (secondary N) is 2. The number of nitrogens with zero attached hydrogens (tertiary/aromatic N) is 2. The third-order valence-electron chi connectivity index (χ3n) is 3.55. The molecule has 1 fully saturated rings. The fourth-order valence-electron chi connectivity index (χ4n) is 2.55. The quantitative estimate of drug-likeness (QED) is 0.913. The number of carbonyl (C=O) groups is 1. The van der Waals surface area contributed by atoms with Crippen molar-refractivity contribution in [2.24, 2.45) is 0 Å². The van der Waals surface area contributed by atoms with Crippen LogP contribution in [0.5, 0.6) is 0 Å². The zero-order chi connectivity index (χ0) is 13.9. The lowest BCUT2D eigenvalue weighted by Gasteiger charge is -2.10. The summed E-state index contributed by atoms with van der Waals surface area (Å²) in [6, 6.07) is 7.49. The molecule has 2 aromatic rings. The molecule has 2 N–H and O–H groups in total. The number of rotatable bonds is 3. The minimum Gasteiger partial charge on any atom is -0.348 e. The van der Waals surface area contributed by atoms with Crippen molar-refractivity contribution in [3.63, 3.8) is 0 Å². The van der Waals surface area contributed by atoms with Crippen molar-refractivity contribution in [1.29, 1.82) is 0 Å². The lowest BCUT2D eigenvalue weighted by atomic mass is 10.1. The Balaban J connectivity index is 1.84. The topological polar surface area (TPSA) is 70.7 Å². The van der Waals surface area contributed by atoms with Crippen molar-refractivity contribution >= 4 is 17.5 Å². The molecule has 1 heterocycles. The fraction of sp³-hybridized carbons (Fsp3) is 0.357. The van der Waals surface area contributed by atoms with Crippen LogP contribution in [0.3, 0.4) is 0 Å². The number of H-pyrrole nitrogens is 1. The first-order valence-corrected chi connectivity index (χ1v) is 7.09. The minimum absolute atomic E-state index is 0.180. The van der Waals surface area contributed by atoms with Gasteiger partial charge in [-0.2, -0.15) is 15.4 Å². The highest BCUT2D eigenvalue weighted by atomic mass is 35.5. The number of hydrogen-bond acceptors (Lipinski definition) is 3. The number of benzene rings is 1. The summed E-state index contributed by atoms with van der Waals surface area (Å²) in [4.78, 5) is 12.3. The van der Waals surface area contributed by atoms with Crippen LogP contribution < -0.4 is 5.32 Å². The molecule has 1 aromatic carbocycles. The molecule has 1 saturated carbocycles. The molecule has 0 atom stereocenters. The van der Waals surface area contributed by atoms with Crippen LogP contribution in [0.15, 0.2) is 24.3 Å². The smallest absolute Gasteiger partial charge is 0.274 e. The van der Waals surface area contributed by atoms with Gasteiger partial charge in [0.25, 0.3) is 5.91 Å². The van der Waals surface area contributed by atoms with Crippen LogP contribution in [0.2, 0.25) is 5.02 Å². The number of aromatic nitrogens is 3. The number of carbonyl (C=O) groups excluding carboxylic acids is 1. The fourth-order valence-corrected chi connectivity index (χ4v) is 2.74. The molecule has 0 saturated heterocycles. The molecular formula is C14H15ClN4O. The maximum Gasteiger partial charge on any atom is 0.274 e. The number of amides is 1. The van der Waals surface area contributed by atoms with E-state index in [-0.39, 0.29) is 11.9 Å². The average Bonchev–Trinajstić information content (AvgIpc) is 3.09. The molecule has 3 rings (SSSR count). The van der Waals surface area contributed by atoms with Crippen molar-refractivity contribution in [3.05, 3.63) is 35.0 Å². The van der Waals surface area contributed by atoms with Gasteiger partial charge in [0.05, 0.1) is 0 Å². The van der Waals surface area contributed by atoms with Crippen LogP contribution in [-0.4, -0.2) is 27.4 Å². The molecule has 1 aliphatic carbocycles. The zero-order valence-electron chi connectivity index (χ0n) is 10.9. The molecule has 104 valence electrons. The summed E-state index contributed by atoms with van der Waals surface area (Å²) in [7, 11) is 0. The minimum atomic E-state index is -0.180. The average molecular weight is 291 g/mol. The van der Waals surface area contributed by atoms with Gasteiger partial charge in [-0.3, -0.25) is 4.79 Å². The lowest BCUT2D eigenvalue weighted by molar-refractivity contribution is 0.0933. The molecule has 0 unspecified atom stereocenters. The normalized spacial score (nSPS) is 15.4. The van der Waals surface area contributed by atoms with Crippen molar-refractivity contribution in [3.8, 4) is 11.3 Å². The zero-order valence-corrected chi connectivity index (χ0v) is 11.7. The summed E-state index contributed by atoms with van der Waals surface area (Å²) >= 11 is 5.97. The van der Waals surface area contributed by atoms with Crippen LogP contribution in [0.1, 0.15) is 36.2 Å². The van der Waals surface area contributed by atoms with E-state index in [1.807, 2.05) is 12.1 Å². The van der Waals surface area contributed by atoms with Gasteiger partial charge in [0.1, 0.15) is 5.69 Å². The lowest BCUT2D eigenvalue weighted by Crippen LogP contribution is -2.33. The molecule has 0 spiro atoms. The second-order valence-corrected chi connectivity index (χ2v) is 5.42. The van der Waals surface area contributed by atoms with Crippen LogP contribution in [0.4, 0.5) is 0 Å². The summed E-state index contributed by atoms with van der Waals surface area (Å²) in [5, 5.41) is 14.2. The Labute approximate surface area is 121 Å². The Bertz CT molecular complexity index is 619. The van der Waals surface area contributed by atoms with Gasteiger partial charge in [0.15, 0.2) is 5.69 Å². The molecule has 5 nitrogen and oxygen atoms in total. The molecule has 1 amide bonds. The highest BCUT2D eigenvalue weighted by molar-refractivity contribution is 6.30. The summed E-state index contributed by atoms with van der Waals surface area (Å²) in [5.41, 5.74) is 1.63. The second-order valence-electron chi connectivity index (χ2n) is 4.99. The summed E-state index contributed by atoms with van der Waals surface area (Å²) in [5.74, 6) is -0.180. The number of hydrogen-bond donors (Lipinski definition) is 2. The van der Waals surface area contributed by atoms with E-state index in [4.69, 9.17) is 11.6 Å². The molecule has 0 radical (unpaired) electrons. The van der Waals surface area contributed by atoms with Crippen molar-refractivity contribution in [1.82, 2.24) is 20.7 Å². The highest BCUT2D eigenvalue weighted by Crippen LogP contribution is 2.24. The van der Waals surface area contributed by atoms with Crippen LogP contribution in [-0.2, 0) is 0 Å². The van der Waals surface area contributed by atoms with Crippen molar-refractivity contribution < 1.29 is 4.79 Å². The SMILES string of the molecule is O=C(NC1CCCC1)c1n[nH]nc1-c1cccc(Cl)c1.